The summed E-state index contributed by atoms with van der Waals surface area (Å²) in [5.41, 5.74) is 2.39. The molecule has 2 rings (SSSR count). The maximum absolute atomic E-state index is 12.4. The molecule has 1 unspecified atom stereocenters. The van der Waals surface area contributed by atoms with Crippen LogP contribution in [0.3, 0.4) is 0 Å². The Balaban J connectivity index is 1.93. The zero-order valence-corrected chi connectivity index (χ0v) is 14.5. The average Bonchev–Trinajstić information content (AvgIpc) is 2.54. The summed E-state index contributed by atoms with van der Waals surface area (Å²) in [5.74, 6) is 0.735. The number of urea groups is 1. The molecule has 0 spiro atoms. The highest BCUT2D eigenvalue weighted by Crippen LogP contribution is 2.26. The van der Waals surface area contributed by atoms with Gasteiger partial charge in [-0.05, 0) is 55.6 Å². The summed E-state index contributed by atoms with van der Waals surface area (Å²) >= 11 is 0. The van der Waals surface area contributed by atoms with E-state index in [2.05, 4.69) is 43.5 Å². The Hall–Kier alpha value is -1.55. The third-order valence-corrected chi connectivity index (χ3v) is 4.92. The number of rotatable bonds is 5. The molecule has 1 aliphatic rings. The number of hydrogen-bond acceptors (Lipinski definition) is 2. The first kappa shape index (κ1) is 17.8. The number of benzene rings is 1. The van der Waals surface area contributed by atoms with Gasteiger partial charge in [0, 0.05) is 12.6 Å². The molecule has 2 amide bonds. The van der Waals surface area contributed by atoms with E-state index >= 15 is 0 Å². The maximum atomic E-state index is 12.4. The second-order valence-corrected chi connectivity index (χ2v) is 7.10. The molecule has 0 aromatic heterocycles. The molecule has 1 atom stereocenters. The molecule has 0 radical (unpaired) electrons. The Morgan fingerprint density at radius 3 is 2.43 bits per heavy atom. The van der Waals surface area contributed by atoms with Crippen LogP contribution in [-0.4, -0.2) is 23.8 Å². The summed E-state index contributed by atoms with van der Waals surface area (Å²) in [7, 11) is 0. The standard InChI is InChI=1S/C19H30N2O2/c1-13(2)18(17-7-5-4-6-14(17)3)21-19(23)20-16-10-8-15(12-22)9-11-16/h4-7,13,15-16,18,22H,8-12H2,1-3H3,(H2,20,21,23). The second-order valence-electron chi connectivity index (χ2n) is 7.10. The quantitative estimate of drug-likeness (QED) is 0.777. The van der Waals surface area contributed by atoms with E-state index < -0.39 is 0 Å². The summed E-state index contributed by atoms with van der Waals surface area (Å²) in [6.45, 7) is 6.61. The van der Waals surface area contributed by atoms with Gasteiger partial charge in [-0.25, -0.2) is 4.79 Å². The highest BCUT2D eigenvalue weighted by Gasteiger charge is 2.24. The predicted octanol–water partition coefficient (Wildman–Crippen LogP) is 3.54. The third kappa shape index (κ3) is 4.96. The summed E-state index contributed by atoms with van der Waals surface area (Å²) < 4.78 is 0. The minimum absolute atomic E-state index is 0.0185. The monoisotopic (exact) mass is 318 g/mol. The van der Waals surface area contributed by atoms with Crippen LogP contribution < -0.4 is 10.6 Å². The Labute approximate surface area is 139 Å². The molecule has 1 saturated carbocycles. The van der Waals surface area contributed by atoms with Gasteiger partial charge in [-0.3, -0.25) is 0 Å². The molecular weight excluding hydrogens is 288 g/mol. The lowest BCUT2D eigenvalue weighted by atomic mass is 9.86. The van der Waals surface area contributed by atoms with E-state index in [-0.39, 0.29) is 24.7 Å². The summed E-state index contributed by atoms with van der Waals surface area (Å²) in [5, 5.41) is 15.4. The number of aliphatic hydroxyl groups is 1. The number of nitrogens with one attached hydrogen (secondary N) is 2. The van der Waals surface area contributed by atoms with Crippen LogP contribution in [0.4, 0.5) is 4.79 Å². The van der Waals surface area contributed by atoms with E-state index in [0.717, 1.165) is 25.7 Å². The van der Waals surface area contributed by atoms with Crippen LogP contribution in [0.25, 0.3) is 0 Å². The number of carbonyl (C=O) groups is 1. The molecule has 1 aliphatic carbocycles. The number of aryl methyl sites for hydroxylation is 1. The smallest absolute Gasteiger partial charge is 0.315 e. The fourth-order valence-electron chi connectivity index (χ4n) is 3.40. The van der Waals surface area contributed by atoms with E-state index in [1.807, 2.05) is 12.1 Å². The number of amides is 2. The molecule has 1 aromatic rings. The SMILES string of the molecule is Cc1ccccc1C(NC(=O)NC1CCC(CO)CC1)C(C)C. The molecule has 0 aliphatic heterocycles. The zero-order chi connectivity index (χ0) is 16.8. The van der Waals surface area contributed by atoms with Crippen molar-refractivity contribution in [1.29, 1.82) is 0 Å². The van der Waals surface area contributed by atoms with Crippen molar-refractivity contribution in [3.8, 4) is 0 Å². The topological polar surface area (TPSA) is 61.4 Å². The van der Waals surface area contributed by atoms with Crippen LogP contribution in [0.2, 0.25) is 0 Å². The van der Waals surface area contributed by atoms with Crippen LogP contribution in [-0.2, 0) is 0 Å². The van der Waals surface area contributed by atoms with E-state index in [4.69, 9.17) is 0 Å². The van der Waals surface area contributed by atoms with Gasteiger partial charge in [0.2, 0.25) is 0 Å². The van der Waals surface area contributed by atoms with Crippen LogP contribution in [0, 0.1) is 18.8 Å². The normalized spacial score (nSPS) is 22.7. The molecule has 1 aromatic carbocycles. The largest absolute Gasteiger partial charge is 0.396 e. The first-order valence-corrected chi connectivity index (χ1v) is 8.74. The van der Waals surface area contributed by atoms with E-state index in [9.17, 15) is 9.90 Å². The Morgan fingerprint density at radius 2 is 1.87 bits per heavy atom. The van der Waals surface area contributed by atoms with Crippen molar-refractivity contribution < 1.29 is 9.90 Å². The van der Waals surface area contributed by atoms with Gasteiger partial charge in [-0.2, -0.15) is 0 Å². The highest BCUT2D eigenvalue weighted by atomic mass is 16.3. The molecule has 23 heavy (non-hydrogen) atoms. The number of aliphatic hydroxyl groups excluding tert-OH is 1. The van der Waals surface area contributed by atoms with E-state index in [1.54, 1.807) is 0 Å². The number of carbonyl (C=O) groups excluding carboxylic acids is 1. The average molecular weight is 318 g/mol. The van der Waals surface area contributed by atoms with Crippen molar-refractivity contribution in [3.05, 3.63) is 35.4 Å². The molecule has 3 N–H and O–H groups in total. The number of hydrogen-bond donors (Lipinski definition) is 3. The second kappa shape index (κ2) is 8.34. The first-order valence-electron chi connectivity index (χ1n) is 8.74. The summed E-state index contributed by atoms with van der Waals surface area (Å²) in [6.07, 6.45) is 3.89. The van der Waals surface area contributed by atoms with E-state index in [1.165, 1.54) is 11.1 Å². The van der Waals surface area contributed by atoms with Gasteiger partial charge in [0.05, 0.1) is 6.04 Å². The molecule has 0 heterocycles. The van der Waals surface area contributed by atoms with Gasteiger partial charge < -0.3 is 15.7 Å². The van der Waals surface area contributed by atoms with Crippen molar-refractivity contribution in [2.45, 2.75) is 58.5 Å². The van der Waals surface area contributed by atoms with Gasteiger partial charge in [0.15, 0.2) is 0 Å². The lowest BCUT2D eigenvalue weighted by Gasteiger charge is -2.30. The summed E-state index contributed by atoms with van der Waals surface area (Å²) in [4.78, 5) is 12.4. The van der Waals surface area contributed by atoms with Gasteiger partial charge >= 0.3 is 6.03 Å². The highest BCUT2D eigenvalue weighted by molar-refractivity contribution is 5.75. The molecule has 0 saturated heterocycles. The van der Waals surface area contributed by atoms with Crippen LogP contribution in [0.1, 0.15) is 56.7 Å². The van der Waals surface area contributed by atoms with E-state index in [0.29, 0.717) is 11.8 Å². The van der Waals surface area contributed by atoms with Crippen molar-refractivity contribution in [3.63, 3.8) is 0 Å². The fraction of sp³-hybridized carbons (Fsp3) is 0.632. The van der Waals surface area contributed by atoms with Gasteiger partial charge in [-0.15, -0.1) is 0 Å². The van der Waals surface area contributed by atoms with Gasteiger partial charge in [-0.1, -0.05) is 38.1 Å². The maximum Gasteiger partial charge on any atom is 0.315 e. The molecule has 0 bridgehead atoms. The van der Waals surface area contributed by atoms with Crippen molar-refractivity contribution in [1.82, 2.24) is 10.6 Å². The van der Waals surface area contributed by atoms with Crippen molar-refractivity contribution in [2.24, 2.45) is 11.8 Å². The molecule has 4 heteroatoms. The Bertz CT molecular complexity index is 508. The third-order valence-electron chi connectivity index (χ3n) is 4.92. The molecule has 128 valence electrons. The van der Waals surface area contributed by atoms with Crippen molar-refractivity contribution >= 4 is 6.03 Å². The minimum atomic E-state index is -0.0839. The van der Waals surface area contributed by atoms with Crippen LogP contribution in [0.5, 0.6) is 0 Å². The summed E-state index contributed by atoms with van der Waals surface area (Å²) in [6, 6.07) is 8.38. The Morgan fingerprint density at radius 1 is 1.22 bits per heavy atom. The van der Waals surface area contributed by atoms with Gasteiger partial charge in [0.1, 0.15) is 0 Å². The first-order chi connectivity index (χ1) is 11.0. The minimum Gasteiger partial charge on any atom is -0.396 e. The molecular formula is C19H30N2O2. The molecule has 4 nitrogen and oxygen atoms in total. The lowest BCUT2D eigenvalue weighted by molar-refractivity contribution is 0.173. The fourth-order valence-corrected chi connectivity index (χ4v) is 3.40. The lowest BCUT2D eigenvalue weighted by Crippen LogP contribution is -2.46. The predicted molar refractivity (Wildman–Crippen MR) is 93.3 cm³/mol. The Kier molecular flexibility index (Phi) is 6.46. The van der Waals surface area contributed by atoms with Crippen LogP contribution in [0.15, 0.2) is 24.3 Å². The van der Waals surface area contributed by atoms with Gasteiger partial charge in [0.25, 0.3) is 0 Å². The zero-order valence-electron chi connectivity index (χ0n) is 14.5. The van der Waals surface area contributed by atoms with Crippen LogP contribution >= 0.6 is 0 Å². The van der Waals surface area contributed by atoms with Crippen molar-refractivity contribution in [2.75, 3.05) is 6.61 Å². The molecule has 1 fully saturated rings.